The summed E-state index contributed by atoms with van der Waals surface area (Å²) in [4.78, 5) is 16.1. The number of aliphatic imine (C=N–C) groups is 1. The van der Waals surface area contributed by atoms with E-state index in [-0.39, 0.29) is 12.4 Å². The van der Waals surface area contributed by atoms with Crippen molar-refractivity contribution in [3.63, 3.8) is 0 Å². The maximum atomic E-state index is 11.3. The summed E-state index contributed by atoms with van der Waals surface area (Å²) >= 11 is 0. The van der Waals surface area contributed by atoms with E-state index in [4.69, 9.17) is 14.5 Å². The molecule has 34 heavy (non-hydrogen) atoms. The van der Waals surface area contributed by atoms with Crippen molar-refractivity contribution in [2.45, 2.75) is 13.0 Å². The normalized spacial score (nSPS) is 13.7. The van der Waals surface area contributed by atoms with Gasteiger partial charge < -0.3 is 14.6 Å². The van der Waals surface area contributed by atoms with Gasteiger partial charge in [-0.05, 0) is 19.1 Å². The first kappa shape index (κ1) is 22.7. The fourth-order valence-corrected chi connectivity index (χ4v) is 3.34. The number of benzene rings is 3. The Labute approximate surface area is 198 Å². The number of hydrogen-bond acceptors (Lipinski definition) is 7. The SMILES string of the molecule is C=CC(=O)OC(C)COc1ccc(N2C=C(c3ccccc3)N=C(c3ccccc3)N2)c(O)c1. The van der Waals surface area contributed by atoms with Gasteiger partial charge in [0.25, 0.3) is 0 Å². The molecule has 1 aliphatic heterocycles. The molecule has 0 bridgehead atoms. The molecular weight excluding hydrogens is 430 g/mol. The summed E-state index contributed by atoms with van der Waals surface area (Å²) in [5.74, 6) is 0.601. The number of aromatic hydroxyl groups is 1. The second kappa shape index (κ2) is 10.4. The van der Waals surface area contributed by atoms with E-state index in [2.05, 4.69) is 12.0 Å². The molecule has 2 N–H and O–H groups in total. The molecule has 172 valence electrons. The number of ether oxygens (including phenoxy) is 2. The average molecular weight is 456 g/mol. The third-order valence-electron chi connectivity index (χ3n) is 5.00. The molecule has 0 fully saturated rings. The van der Waals surface area contributed by atoms with Gasteiger partial charge in [-0.3, -0.25) is 10.4 Å². The highest BCUT2D eigenvalue weighted by molar-refractivity contribution is 6.04. The first-order chi connectivity index (χ1) is 16.5. The third kappa shape index (κ3) is 5.45. The molecular formula is C27H25N3O4. The van der Waals surface area contributed by atoms with Crippen molar-refractivity contribution in [2.24, 2.45) is 4.99 Å². The molecule has 1 unspecified atom stereocenters. The van der Waals surface area contributed by atoms with Gasteiger partial charge in [0.2, 0.25) is 0 Å². The Morgan fingerprint density at radius 2 is 1.76 bits per heavy atom. The van der Waals surface area contributed by atoms with Crippen molar-refractivity contribution in [1.29, 1.82) is 0 Å². The first-order valence-electron chi connectivity index (χ1n) is 10.8. The quantitative estimate of drug-likeness (QED) is 0.380. The molecule has 0 aromatic heterocycles. The molecule has 4 rings (SSSR count). The van der Waals surface area contributed by atoms with Gasteiger partial charge >= 0.3 is 5.97 Å². The van der Waals surface area contributed by atoms with Gasteiger partial charge in [-0.25, -0.2) is 9.79 Å². The van der Waals surface area contributed by atoms with Crippen LogP contribution in [0, 0.1) is 0 Å². The van der Waals surface area contributed by atoms with Gasteiger partial charge in [0.1, 0.15) is 29.9 Å². The van der Waals surface area contributed by atoms with E-state index < -0.39 is 12.1 Å². The zero-order valence-electron chi connectivity index (χ0n) is 18.7. The lowest BCUT2D eigenvalue weighted by molar-refractivity contribution is -0.143. The van der Waals surface area contributed by atoms with Crippen LogP contribution in [-0.4, -0.2) is 29.6 Å². The second-order valence-electron chi connectivity index (χ2n) is 7.60. The van der Waals surface area contributed by atoms with Crippen LogP contribution in [0.4, 0.5) is 5.69 Å². The molecule has 1 heterocycles. The minimum atomic E-state index is -0.512. The van der Waals surface area contributed by atoms with Crippen LogP contribution in [0.3, 0.4) is 0 Å². The monoisotopic (exact) mass is 455 g/mol. The third-order valence-corrected chi connectivity index (χ3v) is 5.00. The lowest BCUT2D eigenvalue weighted by Gasteiger charge is -2.29. The number of rotatable bonds is 8. The second-order valence-corrected chi connectivity index (χ2v) is 7.60. The van der Waals surface area contributed by atoms with Gasteiger partial charge in [-0.1, -0.05) is 67.2 Å². The fraction of sp³-hybridized carbons (Fsp3) is 0.111. The van der Waals surface area contributed by atoms with Crippen molar-refractivity contribution in [1.82, 2.24) is 5.43 Å². The van der Waals surface area contributed by atoms with Crippen LogP contribution in [0.5, 0.6) is 11.5 Å². The number of amidine groups is 1. The summed E-state index contributed by atoms with van der Waals surface area (Å²) < 4.78 is 10.8. The molecule has 7 nitrogen and oxygen atoms in total. The number of hydrazine groups is 1. The van der Waals surface area contributed by atoms with Crippen molar-refractivity contribution >= 4 is 23.2 Å². The Kier molecular flexibility index (Phi) is 6.93. The van der Waals surface area contributed by atoms with Crippen LogP contribution in [0.2, 0.25) is 0 Å². The highest BCUT2D eigenvalue weighted by Crippen LogP contribution is 2.33. The molecule has 0 aliphatic carbocycles. The van der Waals surface area contributed by atoms with E-state index >= 15 is 0 Å². The maximum absolute atomic E-state index is 11.3. The van der Waals surface area contributed by atoms with E-state index in [1.807, 2.05) is 66.9 Å². The fourth-order valence-electron chi connectivity index (χ4n) is 3.34. The number of carbonyl (C=O) groups is 1. The Hall–Kier alpha value is -4.52. The molecule has 0 saturated heterocycles. The molecule has 3 aromatic rings. The van der Waals surface area contributed by atoms with Crippen molar-refractivity contribution in [3.8, 4) is 11.5 Å². The van der Waals surface area contributed by atoms with Crippen LogP contribution in [0.15, 0.2) is 103 Å². The van der Waals surface area contributed by atoms with Crippen LogP contribution >= 0.6 is 0 Å². The van der Waals surface area contributed by atoms with Crippen LogP contribution in [-0.2, 0) is 9.53 Å². The highest BCUT2D eigenvalue weighted by Gasteiger charge is 2.20. The van der Waals surface area contributed by atoms with Gasteiger partial charge in [0.05, 0.1) is 11.9 Å². The number of hydrogen-bond donors (Lipinski definition) is 2. The Morgan fingerprint density at radius 3 is 2.41 bits per heavy atom. The summed E-state index contributed by atoms with van der Waals surface area (Å²) in [5, 5.41) is 12.5. The Bertz CT molecular complexity index is 1220. The topological polar surface area (TPSA) is 83.4 Å². The smallest absolute Gasteiger partial charge is 0.330 e. The molecule has 0 saturated carbocycles. The lowest BCUT2D eigenvalue weighted by atomic mass is 10.1. The molecule has 0 radical (unpaired) electrons. The van der Waals surface area contributed by atoms with Crippen LogP contribution in [0.1, 0.15) is 18.1 Å². The van der Waals surface area contributed by atoms with E-state index in [1.54, 1.807) is 24.1 Å². The van der Waals surface area contributed by atoms with Gasteiger partial charge in [-0.15, -0.1) is 0 Å². The molecule has 0 spiro atoms. The standard InChI is InChI=1S/C27H25N3O4/c1-3-26(32)34-19(2)18-33-22-14-15-24(25(31)16-22)30-17-23(20-10-6-4-7-11-20)28-27(29-30)21-12-8-5-9-13-21/h3-17,19,31H,1,18H2,2H3,(H,28,29). The summed E-state index contributed by atoms with van der Waals surface area (Å²) in [6, 6.07) is 24.6. The average Bonchev–Trinajstić information content (AvgIpc) is 2.88. The molecule has 7 heteroatoms. The number of nitrogens with zero attached hydrogens (tertiary/aromatic N) is 2. The highest BCUT2D eigenvalue weighted by atomic mass is 16.6. The van der Waals surface area contributed by atoms with Crippen molar-refractivity contribution in [3.05, 3.63) is 109 Å². The number of phenolic OH excluding ortho intramolecular Hbond substituents is 1. The number of phenols is 1. The maximum Gasteiger partial charge on any atom is 0.330 e. The summed E-state index contributed by atoms with van der Waals surface area (Å²) in [6.45, 7) is 5.23. The Morgan fingerprint density at radius 1 is 1.09 bits per heavy atom. The molecule has 1 aliphatic rings. The van der Waals surface area contributed by atoms with Gasteiger partial charge in [0.15, 0.2) is 5.84 Å². The number of anilines is 1. The van der Waals surface area contributed by atoms with E-state index in [0.29, 0.717) is 17.3 Å². The Balaban J connectivity index is 1.57. The summed E-state index contributed by atoms with van der Waals surface area (Å²) in [6.07, 6.45) is 2.47. The minimum Gasteiger partial charge on any atom is -0.506 e. The molecule has 1 atom stereocenters. The van der Waals surface area contributed by atoms with E-state index in [1.165, 1.54) is 6.07 Å². The minimum absolute atomic E-state index is 0.0127. The van der Waals surface area contributed by atoms with Gasteiger partial charge in [-0.2, -0.15) is 0 Å². The summed E-state index contributed by atoms with van der Waals surface area (Å²) in [5.41, 5.74) is 6.40. The largest absolute Gasteiger partial charge is 0.506 e. The first-order valence-corrected chi connectivity index (χ1v) is 10.8. The molecule has 3 aromatic carbocycles. The van der Waals surface area contributed by atoms with Crippen molar-refractivity contribution in [2.75, 3.05) is 11.6 Å². The number of esters is 1. The van der Waals surface area contributed by atoms with Crippen LogP contribution in [0.25, 0.3) is 5.70 Å². The van der Waals surface area contributed by atoms with E-state index in [9.17, 15) is 9.90 Å². The predicted octanol–water partition coefficient (Wildman–Crippen LogP) is 4.66. The van der Waals surface area contributed by atoms with E-state index in [0.717, 1.165) is 22.9 Å². The molecule has 0 amide bonds. The zero-order chi connectivity index (χ0) is 23.9. The predicted molar refractivity (Wildman–Crippen MR) is 132 cm³/mol. The zero-order valence-corrected chi connectivity index (χ0v) is 18.7. The summed E-state index contributed by atoms with van der Waals surface area (Å²) in [7, 11) is 0. The number of nitrogens with one attached hydrogen (secondary N) is 1. The van der Waals surface area contributed by atoms with Crippen molar-refractivity contribution < 1.29 is 19.4 Å². The number of carbonyl (C=O) groups excluding carboxylic acids is 1. The lowest BCUT2D eigenvalue weighted by Crippen LogP contribution is -2.41. The van der Waals surface area contributed by atoms with Crippen LogP contribution < -0.4 is 15.2 Å². The van der Waals surface area contributed by atoms with Gasteiger partial charge in [0, 0.05) is 23.3 Å².